The van der Waals surface area contributed by atoms with Crippen molar-refractivity contribution in [2.45, 2.75) is 12.6 Å². The van der Waals surface area contributed by atoms with Gasteiger partial charge in [-0.25, -0.2) is 9.67 Å². The smallest absolute Gasteiger partial charge is 0.137 e. The molecule has 114 valence electrons. The second kappa shape index (κ2) is 5.82. The zero-order valence-electron chi connectivity index (χ0n) is 12.3. The Morgan fingerprint density at radius 2 is 2.39 bits per heavy atom. The topological polar surface area (TPSA) is 73.5 Å². The fourth-order valence-electron chi connectivity index (χ4n) is 2.78. The molecule has 1 aliphatic rings. The Bertz CT molecular complexity index is 903. The Labute approximate surface area is 137 Å². The van der Waals surface area contributed by atoms with Crippen LogP contribution >= 0.6 is 11.8 Å². The third-order valence-electron chi connectivity index (χ3n) is 3.91. The number of hydrogen-bond acceptors (Lipinski definition) is 5. The first-order valence-electron chi connectivity index (χ1n) is 7.24. The molecular formula is C16H14N6S. The molecule has 4 rings (SSSR count). The summed E-state index contributed by atoms with van der Waals surface area (Å²) >= 11 is 1.72. The average Bonchev–Trinajstić information content (AvgIpc) is 3.32. The highest BCUT2D eigenvalue weighted by Gasteiger charge is 2.21. The number of aromatic amines is 1. The molecule has 23 heavy (non-hydrogen) atoms. The molecular weight excluding hydrogens is 308 g/mol. The zero-order valence-corrected chi connectivity index (χ0v) is 13.1. The van der Waals surface area contributed by atoms with Crippen molar-refractivity contribution in [2.75, 3.05) is 5.88 Å². The molecule has 4 heterocycles. The number of fused-ring (bicyclic) bond motifs is 1. The molecule has 1 atom stereocenters. The van der Waals surface area contributed by atoms with E-state index in [-0.39, 0.29) is 6.17 Å². The minimum Gasteiger partial charge on any atom is -0.346 e. The number of nitriles is 1. The van der Waals surface area contributed by atoms with Crippen molar-refractivity contribution in [1.29, 1.82) is 5.26 Å². The number of thioether (sulfide) groups is 1. The molecule has 0 aromatic carbocycles. The summed E-state index contributed by atoms with van der Waals surface area (Å²) in [6.07, 6.45) is 9.85. The van der Waals surface area contributed by atoms with Crippen molar-refractivity contribution in [2.24, 2.45) is 0 Å². The van der Waals surface area contributed by atoms with Gasteiger partial charge < -0.3 is 9.88 Å². The first-order chi connectivity index (χ1) is 11.4. The second-order valence-corrected chi connectivity index (χ2v) is 6.11. The summed E-state index contributed by atoms with van der Waals surface area (Å²) in [7, 11) is 0. The fourth-order valence-corrected chi connectivity index (χ4v) is 3.53. The minimum atomic E-state index is -0.0800. The highest BCUT2D eigenvalue weighted by molar-refractivity contribution is 8.02. The molecule has 0 aliphatic carbocycles. The predicted molar refractivity (Wildman–Crippen MR) is 90.0 cm³/mol. The maximum Gasteiger partial charge on any atom is 0.137 e. The molecule has 0 bridgehead atoms. The van der Waals surface area contributed by atoms with Crippen LogP contribution in [0.1, 0.15) is 12.6 Å². The summed E-state index contributed by atoms with van der Waals surface area (Å²) < 4.78 is 1.87. The van der Waals surface area contributed by atoms with Gasteiger partial charge in [0, 0.05) is 35.7 Å². The van der Waals surface area contributed by atoms with Gasteiger partial charge in [-0.2, -0.15) is 10.4 Å². The monoisotopic (exact) mass is 322 g/mol. The van der Waals surface area contributed by atoms with Crippen molar-refractivity contribution in [3.63, 3.8) is 0 Å². The van der Waals surface area contributed by atoms with Crippen LogP contribution in [0.3, 0.4) is 0 Å². The van der Waals surface area contributed by atoms with E-state index in [9.17, 15) is 0 Å². The number of aromatic nitrogens is 4. The molecule has 7 heteroatoms. The molecule has 1 aliphatic heterocycles. The summed E-state index contributed by atoms with van der Waals surface area (Å²) in [5, 5.41) is 16.7. The molecule has 0 saturated heterocycles. The molecule has 0 fully saturated rings. The first kappa shape index (κ1) is 13.9. The van der Waals surface area contributed by atoms with E-state index in [1.165, 1.54) is 0 Å². The zero-order chi connectivity index (χ0) is 15.6. The number of nitrogens with one attached hydrogen (secondary N) is 1. The van der Waals surface area contributed by atoms with E-state index in [1.54, 1.807) is 18.0 Å². The lowest BCUT2D eigenvalue weighted by Crippen LogP contribution is -2.26. The van der Waals surface area contributed by atoms with Crippen LogP contribution < -0.4 is 0 Å². The Morgan fingerprint density at radius 1 is 1.43 bits per heavy atom. The van der Waals surface area contributed by atoms with Crippen LogP contribution in [-0.2, 0) is 0 Å². The van der Waals surface area contributed by atoms with Crippen molar-refractivity contribution < 1.29 is 0 Å². The van der Waals surface area contributed by atoms with Crippen LogP contribution in [-0.4, -0.2) is 30.5 Å². The second-order valence-electron chi connectivity index (χ2n) is 5.25. The Kier molecular flexibility index (Phi) is 3.52. The normalized spacial score (nSPS) is 15.2. The molecule has 6 nitrogen and oxygen atoms in total. The van der Waals surface area contributed by atoms with Crippen molar-refractivity contribution in [1.82, 2.24) is 24.6 Å². The fraction of sp³-hybridized carbons (Fsp3) is 0.188. The number of nitrogens with zero attached hydrogens (tertiary/aromatic N) is 5. The van der Waals surface area contributed by atoms with E-state index in [2.05, 4.69) is 26.0 Å². The summed E-state index contributed by atoms with van der Waals surface area (Å²) in [5.41, 5.74) is 2.98. The van der Waals surface area contributed by atoms with Crippen molar-refractivity contribution in [3.05, 3.63) is 48.5 Å². The third kappa shape index (κ3) is 2.47. The Balaban J connectivity index is 1.72. The minimum absolute atomic E-state index is 0.0800. The van der Waals surface area contributed by atoms with E-state index in [1.807, 2.05) is 47.0 Å². The predicted octanol–water partition coefficient (Wildman–Crippen LogP) is 3.32. The van der Waals surface area contributed by atoms with E-state index >= 15 is 0 Å². The van der Waals surface area contributed by atoms with Crippen LogP contribution in [0.4, 0.5) is 0 Å². The summed E-state index contributed by atoms with van der Waals surface area (Å²) in [5.74, 6) is 0.846. The van der Waals surface area contributed by atoms with Gasteiger partial charge in [-0.15, -0.1) is 11.8 Å². The lowest BCUT2D eigenvalue weighted by atomic mass is 10.1. The number of pyridine rings is 1. The van der Waals surface area contributed by atoms with Crippen molar-refractivity contribution in [3.8, 4) is 17.2 Å². The van der Waals surface area contributed by atoms with Gasteiger partial charge in [0.15, 0.2) is 0 Å². The van der Waals surface area contributed by atoms with Crippen LogP contribution in [0, 0.1) is 11.3 Å². The van der Waals surface area contributed by atoms with E-state index < -0.39 is 0 Å². The molecule has 0 spiro atoms. The molecule has 1 unspecified atom stereocenters. The summed E-state index contributed by atoms with van der Waals surface area (Å²) in [4.78, 5) is 9.57. The van der Waals surface area contributed by atoms with Gasteiger partial charge in [-0.1, -0.05) is 0 Å². The highest BCUT2D eigenvalue weighted by atomic mass is 32.2. The third-order valence-corrected chi connectivity index (χ3v) is 4.67. The average molecular weight is 322 g/mol. The Hall–Kier alpha value is -2.72. The number of rotatable bonds is 4. The lowest BCUT2D eigenvalue weighted by Gasteiger charge is -2.25. The summed E-state index contributed by atoms with van der Waals surface area (Å²) in [6, 6.07) is 6.26. The molecule has 1 N–H and O–H groups in total. The highest BCUT2D eigenvalue weighted by Crippen LogP contribution is 2.30. The Morgan fingerprint density at radius 3 is 3.22 bits per heavy atom. The van der Waals surface area contributed by atoms with Gasteiger partial charge in [-0.3, -0.25) is 0 Å². The molecule has 0 saturated carbocycles. The van der Waals surface area contributed by atoms with Crippen LogP contribution in [0.25, 0.3) is 22.2 Å². The van der Waals surface area contributed by atoms with Gasteiger partial charge in [0.1, 0.15) is 11.8 Å². The van der Waals surface area contributed by atoms with Gasteiger partial charge in [0.25, 0.3) is 0 Å². The standard InChI is InChI=1S/C16H14N6S/c17-4-1-15(21-7-8-23-11-21)22-10-12(9-20-22)13-2-5-18-16-14(13)3-6-19-16/h2-3,5-10,15H,1,11H2,(H,18,19). The molecule has 0 radical (unpaired) electrons. The quantitative estimate of drug-likeness (QED) is 0.797. The molecule has 0 amide bonds. The van der Waals surface area contributed by atoms with Gasteiger partial charge >= 0.3 is 0 Å². The van der Waals surface area contributed by atoms with Crippen LogP contribution in [0.5, 0.6) is 0 Å². The van der Waals surface area contributed by atoms with Gasteiger partial charge in [0.2, 0.25) is 0 Å². The van der Waals surface area contributed by atoms with E-state index in [0.29, 0.717) is 6.42 Å². The largest absolute Gasteiger partial charge is 0.346 e. The number of H-pyrrole nitrogens is 1. The van der Waals surface area contributed by atoms with E-state index in [4.69, 9.17) is 5.26 Å². The first-order valence-corrected chi connectivity index (χ1v) is 8.29. The lowest BCUT2D eigenvalue weighted by molar-refractivity contribution is 0.226. The van der Waals surface area contributed by atoms with Crippen LogP contribution in [0.2, 0.25) is 0 Å². The maximum absolute atomic E-state index is 9.13. The van der Waals surface area contributed by atoms with E-state index in [0.717, 1.165) is 28.0 Å². The van der Waals surface area contributed by atoms with Crippen molar-refractivity contribution >= 4 is 22.8 Å². The summed E-state index contributed by atoms with van der Waals surface area (Å²) in [6.45, 7) is 0. The van der Waals surface area contributed by atoms with Gasteiger partial charge in [-0.05, 0) is 23.1 Å². The maximum atomic E-state index is 9.13. The SMILES string of the molecule is N#CCC(N1C=CSC1)n1cc(-c2ccnc3[nH]ccc23)cn1. The molecule has 3 aromatic heterocycles. The number of hydrogen-bond donors (Lipinski definition) is 1. The van der Waals surface area contributed by atoms with Gasteiger partial charge in [0.05, 0.1) is 24.6 Å². The molecule has 3 aromatic rings. The van der Waals surface area contributed by atoms with Crippen LogP contribution in [0.15, 0.2) is 48.5 Å².